The highest BCUT2D eigenvalue weighted by molar-refractivity contribution is 9.10. The zero-order valence-electron chi connectivity index (χ0n) is 10.3. The van der Waals surface area contributed by atoms with Crippen molar-refractivity contribution in [2.45, 2.75) is 13.3 Å². The predicted molar refractivity (Wildman–Crippen MR) is 81.0 cm³/mol. The molecule has 5 nitrogen and oxygen atoms in total. The molecule has 0 aliphatic carbocycles. The second-order valence-corrected chi connectivity index (χ2v) is 4.98. The number of nitrogens with zero attached hydrogens (tertiary/aromatic N) is 3. The van der Waals surface area contributed by atoms with Crippen molar-refractivity contribution in [2.24, 2.45) is 0 Å². The molecule has 0 radical (unpaired) electrons. The smallest absolute Gasteiger partial charge is 0.233 e. The second-order valence-electron chi connectivity index (χ2n) is 3.78. The Labute approximate surface area is 125 Å². The summed E-state index contributed by atoms with van der Waals surface area (Å²) in [6, 6.07) is 7.71. The van der Waals surface area contributed by atoms with Crippen LogP contribution >= 0.6 is 27.5 Å². The Kier molecular flexibility index (Phi) is 4.93. The van der Waals surface area contributed by atoms with Gasteiger partial charge in [-0.2, -0.15) is 15.0 Å². The summed E-state index contributed by atoms with van der Waals surface area (Å²) in [5.41, 5.74) is 0.867. The molecule has 0 spiro atoms. The molecule has 0 amide bonds. The first-order valence-corrected chi connectivity index (χ1v) is 7.03. The molecule has 7 heteroatoms. The van der Waals surface area contributed by atoms with Gasteiger partial charge in [0.2, 0.25) is 17.2 Å². The van der Waals surface area contributed by atoms with Gasteiger partial charge in [-0.1, -0.05) is 19.1 Å². The molecule has 0 saturated carbocycles. The zero-order chi connectivity index (χ0) is 13.7. The fraction of sp³-hybridized carbons (Fsp3) is 0.250. The summed E-state index contributed by atoms with van der Waals surface area (Å²) >= 11 is 9.33. The lowest BCUT2D eigenvalue weighted by Gasteiger charge is -2.08. The van der Waals surface area contributed by atoms with Gasteiger partial charge >= 0.3 is 0 Å². The first-order valence-electron chi connectivity index (χ1n) is 5.86. The van der Waals surface area contributed by atoms with Crippen LogP contribution in [0.4, 0.5) is 17.6 Å². The van der Waals surface area contributed by atoms with E-state index < -0.39 is 0 Å². The van der Waals surface area contributed by atoms with Crippen LogP contribution in [0.1, 0.15) is 13.3 Å². The maximum Gasteiger partial charge on any atom is 0.233 e. The maximum atomic E-state index is 5.88. The number of hydrogen-bond acceptors (Lipinski definition) is 5. The third kappa shape index (κ3) is 4.04. The van der Waals surface area contributed by atoms with Crippen molar-refractivity contribution in [1.29, 1.82) is 0 Å². The molecule has 0 atom stereocenters. The van der Waals surface area contributed by atoms with Gasteiger partial charge in [-0.3, -0.25) is 0 Å². The van der Waals surface area contributed by atoms with Gasteiger partial charge in [-0.15, -0.1) is 0 Å². The molecule has 19 heavy (non-hydrogen) atoms. The Morgan fingerprint density at radius 3 is 2.63 bits per heavy atom. The summed E-state index contributed by atoms with van der Waals surface area (Å²) in [6.45, 7) is 2.85. The minimum Gasteiger partial charge on any atom is -0.354 e. The van der Waals surface area contributed by atoms with E-state index in [-0.39, 0.29) is 5.28 Å². The molecule has 2 aromatic rings. The number of hydrogen-bond donors (Lipinski definition) is 2. The number of nitrogens with one attached hydrogen (secondary N) is 2. The van der Waals surface area contributed by atoms with E-state index in [0.29, 0.717) is 11.9 Å². The van der Waals surface area contributed by atoms with E-state index in [1.54, 1.807) is 0 Å². The molecule has 1 aromatic carbocycles. The van der Waals surface area contributed by atoms with Gasteiger partial charge in [0.15, 0.2) is 0 Å². The fourth-order valence-electron chi connectivity index (χ4n) is 1.40. The van der Waals surface area contributed by atoms with E-state index in [1.165, 1.54) is 0 Å². The quantitative estimate of drug-likeness (QED) is 0.864. The third-order valence-corrected chi connectivity index (χ3v) is 3.12. The SMILES string of the molecule is CCCNc1nc(Cl)nc(Nc2ccccc2Br)n1. The maximum absolute atomic E-state index is 5.88. The number of rotatable bonds is 5. The largest absolute Gasteiger partial charge is 0.354 e. The van der Waals surface area contributed by atoms with Crippen molar-refractivity contribution < 1.29 is 0 Å². The average Bonchev–Trinajstić information content (AvgIpc) is 2.38. The van der Waals surface area contributed by atoms with Gasteiger partial charge in [0.05, 0.1) is 5.69 Å². The highest BCUT2D eigenvalue weighted by Crippen LogP contribution is 2.24. The molecular weight excluding hydrogens is 330 g/mol. The van der Waals surface area contributed by atoms with Crippen LogP contribution in [0.25, 0.3) is 0 Å². The first-order chi connectivity index (χ1) is 9.19. The Bertz CT molecular complexity index is 564. The van der Waals surface area contributed by atoms with E-state index in [2.05, 4.69) is 48.4 Å². The highest BCUT2D eigenvalue weighted by atomic mass is 79.9. The summed E-state index contributed by atoms with van der Waals surface area (Å²) in [4.78, 5) is 12.3. The fourth-order valence-corrected chi connectivity index (χ4v) is 1.95. The molecular formula is C12H13BrClN5. The molecule has 0 saturated heterocycles. The Hall–Kier alpha value is -1.40. The monoisotopic (exact) mass is 341 g/mol. The van der Waals surface area contributed by atoms with Crippen LogP contribution in [0.15, 0.2) is 28.7 Å². The Morgan fingerprint density at radius 2 is 1.89 bits per heavy atom. The Balaban J connectivity index is 2.20. The molecule has 0 aliphatic heterocycles. The zero-order valence-corrected chi connectivity index (χ0v) is 12.7. The molecule has 1 aromatic heterocycles. The molecule has 0 aliphatic rings. The average molecular weight is 343 g/mol. The Morgan fingerprint density at radius 1 is 1.16 bits per heavy atom. The van der Waals surface area contributed by atoms with Crippen LogP contribution in [0.3, 0.4) is 0 Å². The number of aromatic nitrogens is 3. The van der Waals surface area contributed by atoms with E-state index in [4.69, 9.17) is 11.6 Å². The summed E-state index contributed by atoms with van der Waals surface area (Å²) < 4.78 is 0.926. The van der Waals surface area contributed by atoms with Crippen LogP contribution in [-0.2, 0) is 0 Å². The predicted octanol–water partition coefficient (Wildman–Crippen LogP) is 3.85. The van der Waals surface area contributed by atoms with Gasteiger partial charge in [-0.05, 0) is 46.1 Å². The van der Waals surface area contributed by atoms with Crippen molar-refractivity contribution in [2.75, 3.05) is 17.2 Å². The molecule has 1 heterocycles. The number of halogens is 2. The molecule has 0 unspecified atom stereocenters. The first kappa shape index (κ1) is 14.0. The van der Waals surface area contributed by atoms with Gasteiger partial charge < -0.3 is 10.6 Å². The number of benzene rings is 1. The van der Waals surface area contributed by atoms with Crippen LogP contribution < -0.4 is 10.6 Å². The topological polar surface area (TPSA) is 62.7 Å². The van der Waals surface area contributed by atoms with E-state index in [0.717, 1.165) is 23.1 Å². The minimum absolute atomic E-state index is 0.156. The van der Waals surface area contributed by atoms with E-state index in [9.17, 15) is 0 Å². The minimum atomic E-state index is 0.156. The van der Waals surface area contributed by atoms with Crippen LogP contribution in [0.5, 0.6) is 0 Å². The molecule has 2 rings (SSSR count). The normalized spacial score (nSPS) is 10.3. The summed E-state index contributed by atoms with van der Waals surface area (Å²) in [7, 11) is 0. The lowest BCUT2D eigenvalue weighted by Crippen LogP contribution is -2.07. The van der Waals surface area contributed by atoms with Crippen molar-refractivity contribution in [1.82, 2.24) is 15.0 Å². The second kappa shape index (κ2) is 6.68. The lowest BCUT2D eigenvalue weighted by molar-refractivity contribution is 0.940. The van der Waals surface area contributed by atoms with Crippen LogP contribution in [0, 0.1) is 0 Å². The summed E-state index contributed by atoms with van der Waals surface area (Å²) in [5.74, 6) is 0.877. The van der Waals surface area contributed by atoms with Gasteiger partial charge in [0.25, 0.3) is 0 Å². The third-order valence-electron chi connectivity index (χ3n) is 2.26. The molecule has 2 N–H and O–H groups in total. The van der Waals surface area contributed by atoms with E-state index >= 15 is 0 Å². The van der Waals surface area contributed by atoms with Crippen LogP contribution in [-0.4, -0.2) is 21.5 Å². The van der Waals surface area contributed by atoms with Crippen LogP contribution in [0.2, 0.25) is 5.28 Å². The van der Waals surface area contributed by atoms with Crippen molar-refractivity contribution in [3.05, 3.63) is 34.0 Å². The molecule has 100 valence electrons. The van der Waals surface area contributed by atoms with E-state index in [1.807, 2.05) is 24.3 Å². The number of anilines is 3. The van der Waals surface area contributed by atoms with Crippen molar-refractivity contribution in [3.63, 3.8) is 0 Å². The van der Waals surface area contributed by atoms with Crippen molar-refractivity contribution >= 4 is 45.1 Å². The summed E-state index contributed by atoms with van der Waals surface area (Å²) in [6.07, 6.45) is 0.982. The lowest BCUT2D eigenvalue weighted by atomic mass is 10.3. The van der Waals surface area contributed by atoms with Gasteiger partial charge in [0, 0.05) is 11.0 Å². The van der Waals surface area contributed by atoms with Crippen molar-refractivity contribution in [3.8, 4) is 0 Å². The standard InChI is InChI=1S/C12H13BrClN5/c1-2-7-15-11-17-10(14)18-12(19-11)16-9-6-4-3-5-8(9)13/h3-6H,2,7H2,1H3,(H2,15,16,17,18,19). The van der Waals surface area contributed by atoms with Gasteiger partial charge in [0.1, 0.15) is 0 Å². The highest BCUT2D eigenvalue weighted by Gasteiger charge is 2.06. The summed E-state index contributed by atoms with van der Waals surface area (Å²) in [5, 5.41) is 6.33. The number of para-hydroxylation sites is 1. The molecule has 0 fully saturated rings. The van der Waals surface area contributed by atoms with Gasteiger partial charge in [-0.25, -0.2) is 0 Å². The molecule has 0 bridgehead atoms.